The van der Waals surface area contributed by atoms with E-state index in [0.29, 0.717) is 4.91 Å². The van der Waals surface area contributed by atoms with Gasteiger partial charge in [-0.1, -0.05) is 43.0 Å². The molecule has 0 atom stereocenters. The summed E-state index contributed by atoms with van der Waals surface area (Å²) in [5.41, 5.74) is 4.32. The highest BCUT2D eigenvalue weighted by atomic mass is 32.2. The highest BCUT2D eigenvalue weighted by molar-refractivity contribution is 8.18. The van der Waals surface area contributed by atoms with Crippen molar-refractivity contribution >= 4 is 40.2 Å². The number of benzene rings is 1. The van der Waals surface area contributed by atoms with Crippen molar-refractivity contribution < 1.29 is 9.59 Å². The molecule has 140 valence electrons. The standard InChI is InChI=1S/C22H24N2O2S/c1-3-5-9-16(4-2)17-10-11-18(15-20-21(25)23-22(26)27-20)19(14-17)24-12-7-6-8-13-24/h3-5,9-11,14-15H,1,6-8,12-13H2,2H3,(H,23,25,26)/b9-5-,16-4+,20-15-. The van der Waals surface area contributed by atoms with Gasteiger partial charge in [-0.25, -0.2) is 0 Å². The molecule has 0 unspecified atom stereocenters. The number of amides is 2. The number of thioether (sulfide) groups is 1. The molecule has 0 radical (unpaired) electrons. The number of carbonyl (C=O) groups is 2. The van der Waals surface area contributed by atoms with Crippen molar-refractivity contribution in [3.8, 4) is 0 Å². The molecule has 1 aromatic carbocycles. The number of carbonyl (C=O) groups excluding carboxylic acids is 2. The molecule has 0 aliphatic carbocycles. The van der Waals surface area contributed by atoms with E-state index >= 15 is 0 Å². The number of allylic oxidation sites excluding steroid dienone is 5. The van der Waals surface area contributed by atoms with Gasteiger partial charge < -0.3 is 4.90 Å². The van der Waals surface area contributed by atoms with E-state index in [-0.39, 0.29) is 11.1 Å². The summed E-state index contributed by atoms with van der Waals surface area (Å²) in [5, 5.41) is 2.01. The molecule has 0 saturated carbocycles. The number of anilines is 1. The van der Waals surface area contributed by atoms with Crippen molar-refractivity contribution in [3.05, 3.63) is 65.1 Å². The summed E-state index contributed by atoms with van der Waals surface area (Å²) in [7, 11) is 0. The predicted octanol–water partition coefficient (Wildman–Crippen LogP) is 5.15. The summed E-state index contributed by atoms with van der Waals surface area (Å²) < 4.78 is 0. The van der Waals surface area contributed by atoms with Gasteiger partial charge in [-0.2, -0.15) is 0 Å². The zero-order valence-electron chi connectivity index (χ0n) is 15.5. The Labute approximate surface area is 164 Å². The average Bonchev–Trinajstić information content (AvgIpc) is 3.01. The molecule has 1 aromatic rings. The summed E-state index contributed by atoms with van der Waals surface area (Å²) in [6.07, 6.45) is 13.2. The van der Waals surface area contributed by atoms with Gasteiger partial charge in [-0.3, -0.25) is 14.9 Å². The number of nitrogens with zero attached hydrogens (tertiary/aromatic N) is 1. The normalized spacial score (nSPS) is 19.8. The fraction of sp³-hybridized carbons (Fsp3) is 0.273. The molecule has 2 heterocycles. The first-order valence-electron chi connectivity index (χ1n) is 9.22. The quantitative estimate of drug-likeness (QED) is 0.567. The van der Waals surface area contributed by atoms with Crippen molar-refractivity contribution in [1.82, 2.24) is 5.32 Å². The van der Waals surface area contributed by atoms with Gasteiger partial charge in [0, 0.05) is 18.8 Å². The van der Waals surface area contributed by atoms with Gasteiger partial charge in [0.2, 0.25) is 0 Å². The second kappa shape index (κ2) is 8.91. The molecular weight excluding hydrogens is 356 g/mol. The maximum absolute atomic E-state index is 12.0. The highest BCUT2D eigenvalue weighted by Gasteiger charge is 2.26. The molecular formula is C22H24N2O2S. The molecule has 0 spiro atoms. The number of imide groups is 1. The van der Waals surface area contributed by atoms with E-state index in [0.717, 1.165) is 47.2 Å². The van der Waals surface area contributed by atoms with Crippen LogP contribution in [0.1, 0.15) is 37.3 Å². The van der Waals surface area contributed by atoms with Crippen LogP contribution in [0.25, 0.3) is 11.6 Å². The van der Waals surface area contributed by atoms with Gasteiger partial charge in [-0.15, -0.1) is 0 Å². The summed E-state index contributed by atoms with van der Waals surface area (Å²) >= 11 is 0.959. The molecule has 0 bridgehead atoms. The molecule has 2 aliphatic rings. The maximum atomic E-state index is 12.0. The van der Waals surface area contributed by atoms with Gasteiger partial charge in [0.15, 0.2) is 0 Å². The Morgan fingerprint density at radius 3 is 2.63 bits per heavy atom. The van der Waals surface area contributed by atoms with Crippen LogP contribution < -0.4 is 10.2 Å². The van der Waals surface area contributed by atoms with Gasteiger partial charge in [-0.05, 0) is 66.8 Å². The number of rotatable bonds is 5. The molecule has 0 aromatic heterocycles. The largest absolute Gasteiger partial charge is 0.371 e. The Kier molecular flexibility index (Phi) is 6.35. The molecule has 27 heavy (non-hydrogen) atoms. The zero-order valence-corrected chi connectivity index (χ0v) is 16.3. The average molecular weight is 381 g/mol. The summed E-state index contributed by atoms with van der Waals surface area (Å²) in [6, 6.07) is 6.27. The Hall–Kier alpha value is -2.53. The monoisotopic (exact) mass is 380 g/mol. The number of piperidine rings is 1. The van der Waals surface area contributed by atoms with Gasteiger partial charge in [0.05, 0.1) is 4.91 Å². The first-order chi connectivity index (χ1) is 13.1. The molecule has 3 rings (SSSR count). The van der Waals surface area contributed by atoms with Crippen LogP contribution >= 0.6 is 11.8 Å². The third kappa shape index (κ3) is 4.61. The second-order valence-corrected chi connectivity index (χ2v) is 7.53. The van der Waals surface area contributed by atoms with Crippen molar-refractivity contribution in [3.63, 3.8) is 0 Å². The Morgan fingerprint density at radius 2 is 2.00 bits per heavy atom. The summed E-state index contributed by atoms with van der Waals surface area (Å²) in [4.78, 5) is 26.3. The van der Waals surface area contributed by atoms with Crippen LogP contribution in [0.2, 0.25) is 0 Å². The molecule has 2 aliphatic heterocycles. The van der Waals surface area contributed by atoms with E-state index in [1.807, 2.05) is 31.2 Å². The Balaban J connectivity index is 2.03. The fourth-order valence-corrected chi connectivity index (χ4v) is 4.02. The van der Waals surface area contributed by atoms with E-state index in [9.17, 15) is 9.59 Å². The minimum Gasteiger partial charge on any atom is -0.371 e. The van der Waals surface area contributed by atoms with Crippen LogP contribution in [0.5, 0.6) is 0 Å². The van der Waals surface area contributed by atoms with Crippen molar-refractivity contribution in [2.75, 3.05) is 18.0 Å². The van der Waals surface area contributed by atoms with Crippen molar-refractivity contribution in [1.29, 1.82) is 0 Å². The first-order valence-corrected chi connectivity index (χ1v) is 10.0. The van der Waals surface area contributed by atoms with E-state index < -0.39 is 0 Å². The SMILES string of the molecule is C=C/C=C\C(=C/C)c1ccc(/C=C2\SC(=O)NC2=O)c(N2CCCCC2)c1. The topological polar surface area (TPSA) is 49.4 Å². The molecule has 2 saturated heterocycles. The lowest BCUT2D eigenvalue weighted by Crippen LogP contribution is -2.30. The summed E-state index contributed by atoms with van der Waals surface area (Å²) in [5.74, 6) is -0.318. The molecule has 1 N–H and O–H groups in total. The van der Waals surface area contributed by atoms with Gasteiger partial charge in [0.25, 0.3) is 11.1 Å². The van der Waals surface area contributed by atoms with Crippen molar-refractivity contribution in [2.24, 2.45) is 0 Å². The third-order valence-electron chi connectivity index (χ3n) is 4.71. The minimum atomic E-state index is -0.318. The second-order valence-electron chi connectivity index (χ2n) is 6.51. The van der Waals surface area contributed by atoms with Crippen LogP contribution in [0.15, 0.2) is 54.0 Å². The third-order valence-corrected chi connectivity index (χ3v) is 5.52. The smallest absolute Gasteiger partial charge is 0.290 e. The van der Waals surface area contributed by atoms with Crippen LogP contribution in [0.4, 0.5) is 10.5 Å². The number of nitrogens with one attached hydrogen (secondary N) is 1. The van der Waals surface area contributed by atoms with Crippen LogP contribution in [-0.4, -0.2) is 24.2 Å². The Bertz CT molecular complexity index is 846. The van der Waals surface area contributed by atoms with Gasteiger partial charge >= 0.3 is 0 Å². The van der Waals surface area contributed by atoms with E-state index in [4.69, 9.17) is 0 Å². The van der Waals surface area contributed by atoms with E-state index in [1.165, 1.54) is 19.3 Å². The lowest BCUT2D eigenvalue weighted by atomic mass is 9.99. The van der Waals surface area contributed by atoms with Gasteiger partial charge in [0.1, 0.15) is 0 Å². The lowest BCUT2D eigenvalue weighted by molar-refractivity contribution is -0.115. The predicted molar refractivity (Wildman–Crippen MR) is 115 cm³/mol. The van der Waals surface area contributed by atoms with Crippen LogP contribution in [0, 0.1) is 0 Å². The molecule has 2 fully saturated rings. The fourth-order valence-electron chi connectivity index (χ4n) is 3.35. The molecule has 4 nitrogen and oxygen atoms in total. The number of hydrogen-bond donors (Lipinski definition) is 1. The van der Waals surface area contributed by atoms with Crippen LogP contribution in [-0.2, 0) is 4.79 Å². The van der Waals surface area contributed by atoms with Crippen molar-refractivity contribution in [2.45, 2.75) is 26.2 Å². The first kappa shape index (κ1) is 19.2. The van der Waals surface area contributed by atoms with E-state index in [2.05, 4.69) is 35.0 Å². The minimum absolute atomic E-state index is 0.312. The molecule has 5 heteroatoms. The van der Waals surface area contributed by atoms with E-state index in [1.54, 1.807) is 6.08 Å². The highest BCUT2D eigenvalue weighted by Crippen LogP contribution is 2.33. The number of hydrogen-bond acceptors (Lipinski definition) is 4. The Morgan fingerprint density at radius 1 is 1.22 bits per heavy atom. The maximum Gasteiger partial charge on any atom is 0.290 e. The lowest BCUT2D eigenvalue weighted by Gasteiger charge is -2.30. The van der Waals surface area contributed by atoms with Crippen LogP contribution in [0.3, 0.4) is 0 Å². The molecule has 2 amide bonds. The summed E-state index contributed by atoms with van der Waals surface area (Å²) in [6.45, 7) is 7.77. The zero-order chi connectivity index (χ0) is 19.2.